The van der Waals surface area contributed by atoms with Gasteiger partial charge in [0, 0.05) is 12.0 Å². The molecule has 20 heavy (non-hydrogen) atoms. The first-order chi connectivity index (χ1) is 9.63. The number of nitrogens with two attached hydrogens (primary N) is 1. The Morgan fingerprint density at radius 1 is 1.45 bits per heavy atom. The molecule has 1 atom stereocenters. The summed E-state index contributed by atoms with van der Waals surface area (Å²) in [7, 11) is 0. The normalized spacial score (nSPS) is 17.5. The molecule has 0 saturated carbocycles. The summed E-state index contributed by atoms with van der Waals surface area (Å²) in [5, 5.41) is 3.91. The molecule has 0 bridgehead atoms. The van der Waals surface area contributed by atoms with Crippen molar-refractivity contribution in [3.05, 3.63) is 41.0 Å². The van der Waals surface area contributed by atoms with Gasteiger partial charge in [-0.2, -0.15) is 4.98 Å². The van der Waals surface area contributed by atoms with Crippen LogP contribution in [-0.2, 0) is 13.0 Å². The molecule has 1 aromatic carbocycles. The maximum atomic E-state index is 6.02. The monoisotopic (exact) mass is 273 g/mol. The molecule has 1 aromatic heterocycles. The van der Waals surface area contributed by atoms with E-state index in [1.807, 2.05) is 19.9 Å². The van der Waals surface area contributed by atoms with Crippen molar-refractivity contribution in [1.82, 2.24) is 10.1 Å². The third-order valence-electron chi connectivity index (χ3n) is 3.60. The van der Waals surface area contributed by atoms with Crippen molar-refractivity contribution >= 4 is 0 Å². The van der Waals surface area contributed by atoms with Crippen molar-refractivity contribution < 1.29 is 9.26 Å². The highest BCUT2D eigenvalue weighted by molar-refractivity contribution is 5.40. The lowest BCUT2D eigenvalue weighted by Crippen LogP contribution is -2.05. The van der Waals surface area contributed by atoms with Crippen molar-refractivity contribution in [1.29, 1.82) is 0 Å². The van der Waals surface area contributed by atoms with E-state index in [1.54, 1.807) is 0 Å². The van der Waals surface area contributed by atoms with E-state index in [1.165, 1.54) is 11.1 Å². The molecule has 0 fully saturated rings. The van der Waals surface area contributed by atoms with E-state index in [-0.39, 0.29) is 12.0 Å². The smallest absolute Gasteiger partial charge is 0.264 e. The van der Waals surface area contributed by atoms with E-state index in [9.17, 15) is 0 Å². The van der Waals surface area contributed by atoms with Gasteiger partial charge in [-0.15, -0.1) is 0 Å². The Labute approximate surface area is 118 Å². The summed E-state index contributed by atoms with van der Waals surface area (Å²) in [5.74, 6) is 2.30. The van der Waals surface area contributed by atoms with E-state index in [2.05, 4.69) is 22.3 Å². The highest BCUT2D eigenvalue weighted by Gasteiger charge is 2.19. The fourth-order valence-corrected chi connectivity index (χ4v) is 2.42. The summed E-state index contributed by atoms with van der Waals surface area (Å²) in [4.78, 5) is 4.29. The Bertz CT molecular complexity index is 607. The van der Waals surface area contributed by atoms with Crippen LogP contribution < -0.4 is 10.5 Å². The summed E-state index contributed by atoms with van der Waals surface area (Å²) in [6, 6.07) is 6.23. The Morgan fingerprint density at radius 3 is 3.05 bits per heavy atom. The summed E-state index contributed by atoms with van der Waals surface area (Å²) in [5.41, 5.74) is 8.53. The fourth-order valence-electron chi connectivity index (χ4n) is 2.42. The quantitative estimate of drug-likeness (QED) is 0.927. The van der Waals surface area contributed by atoms with Crippen LogP contribution in [0.3, 0.4) is 0 Å². The van der Waals surface area contributed by atoms with E-state index < -0.39 is 0 Å². The van der Waals surface area contributed by atoms with Crippen LogP contribution in [0.4, 0.5) is 0 Å². The molecule has 0 spiro atoms. The van der Waals surface area contributed by atoms with Gasteiger partial charge in [-0.05, 0) is 36.1 Å². The second-order valence-electron chi connectivity index (χ2n) is 5.50. The highest BCUT2D eigenvalue weighted by Crippen LogP contribution is 2.32. The second kappa shape index (κ2) is 5.25. The lowest BCUT2D eigenvalue weighted by molar-refractivity contribution is 0.242. The van der Waals surface area contributed by atoms with Crippen molar-refractivity contribution in [3.63, 3.8) is 0 Å². The number of rotatable bonds is 4. The number of hydrogen-bond donors (Lipinski definition) is 1. The van der Waals surface area contributed by atoms with Crippen LogP contribution >= 0.6 is 0 Å². The molecular weight excluding hydrogens is 254 g/mol. The van der Waals surface area contributed by atoms with Gasteiger partial charge >= 0.3 is 0 Å². The number of fused-ring (bicyclic) bond motifs is 1. The van der Waals surface area contributed by atoms with Gasteiger partial charge in [0.1, 0.15) is 5.75 Å². The largest absolute Gasteiger partial charge is 0.484 e. The minimum Gasteiger partial charge on any atom is -0.484 e. The maximum Gasteiger partial charge on any atom is 0.264 e. The van der Waals surface area contributed by atoms with Gasteiger partial charge in [-0.3, -0.25) is 0 Å². The van der Waals surface area contributed by atoms with E-state index in [0.717, 1.165) is 18.6 Å². The topological polar surface area (TPSA) is 74.2 Å². The van der Waals surface area contributed by atoms with Crippen LogP contribution in [0.15, 0.2) is 22.7 Å². The van der Waals surface area contributed by atoms with Crippen LogP contribution in [0, 0.1) is 0 Å². The van der Waals surface area contributed by atoms with Gasteiger partial charge in [0.15, 0.2) is 12.4 Å². The van der Waals surface area contributed by atoms with Crippen LogP contribution in [0.25, 0.3) is 0 Å². The molecule has 5 heteroatoms. The molecular formula is C15H19N3O2. The molecule has 5 nitrogen and oxygen atoms in total. The molecule has 2 aromatic rings. The second-order valence-corrected chi connectivity index (χ2v) is 5.50. The number of nitrogens with zero attached hydrogens (tertiary/aromatic N) is 2. The number of aromatic nitrogens is 2. The zero-order valence-corrected chi connectivity index (χ0v) is 11.8. The lowest BCUT2D eigenvalue weighted by Gasteiger charge is -2.07. The SMILES string of the molecule is CC(C)c1noc(COc2ccc3c(c2)CCC3N)n1. The van der Waals surface area contributed by atoms with Crippen molar-refractivity contribution in [2.75, 3.05) is 0 Å². The molecule has 2 N–H and O–H groups in total. The number of benzene rings is 1. The van der Waals surface area contributed by atoms with Gasteiger partial charge in [0.05, 0.1) is 0 Å². The minimum atomic E-state index is 0.170. The first-order valence-electron chi connectivity index (χ1n) is 6.97. The summed E-state index contributed by atoms with van der Waals surface area (Å²) < 4.78 is 10.9. The molecule has 0 amide bonds. The van der Waals surface area contributed by atoms with Crippen molar-refractivity contribution in [3.8, 4) is 5.75 Å². The molecule has 106 valence electrons. The van der Waals surface area contributed by atoms with E-state index in [0.29, 0.717) is 18.3 Å². The van der Waals surface area contributed by atoms with Crippen LogP contribution in [0.2, 0.25) is 0 Å². The van der Waals surface area contributed by atoms with Gasteiger partial charge in [0.25, 0.3) is 5.89 Å². The maximum absolute atomic E-state index is 6.02. The summed E-state index contributed by atoms with van der Waals surface area (Å²) in [6.07, 6.45) is 2.03. The Kier molecular flexibility index (Phi) is 3.44. The van der Waals surface area contributed by atoms with Gasteiger partial charge in [-0.1, -0.05) is 25.1 Å². The fraction of sp³-hybridized carbons (Fsp3) is 0.467. The third-order valence-corrected chi connectivity index (χ3v) is 3.60. The van der Waals surface area contributed by atoms with Crippen LogP contribution in [0.5, 0.6) is 5.75 Å². The molecule has 1 unspecified atom stereocenters. The van der Waals surface area contributed by atoms with Crippen molar-refractivity contribution in [2.45, 2.75) is 45.3 Å². The van der Waals surface area contributed by atoms with Gasteiger partial charge in [-0.25, -0.2) is 0 Å². The number of aryl methyl sites for hydroxylation is 1. The molecule has 3 rings (SSSR count). The predicted octanol–water partition coefficient (Wildman–Crippen LogP) is 2.72. The first-order valence-corrected chi connectivity index (χ1v) is 6.97. The van der Waals surface area contributed by atoms with E-state index >= 15 is 0 Å². The first kappa shape index (κ1) is 13.1. The molecule has 0 aliphatic heterocycles. The Balaban J connectivity index is 1.66. The van der Waals surface area contributed by atoms with E-state index in [4.69, 9.17) is 15.0 Å². The zero-order valence-electron chi connectivity index (χ0n) is 11.8. The predicted molar refractivity (Wildman–Crippen MR) is 74.4 cm³/mol. The number of ether oxygens (including phenoxy) is 1. The average Bonchev–Trinajstić information content (AvgIpc) is 3.04. The molecule has 1 aliphatic rings. The summed E-state index contributed by atoms with van der Waals surface area (Å²) >= 11 is 0. The standard InChI is InChI=1S/C15H19N3O2/c1-9(2)15-17-14(20-18-15)8-19-11-4-5-12-10(7-11)3-6-13(12)16/h4-5,7,9,13H,3,6,8,16H2,1-2H3. The van der Waals surface area contributed by atoms with Crippen LogP contribution in [0.1, 0.15) is 55.1 Å². The van der Waals surface area contributed by atoms with Gasteiger partial charge < -0.3 is 15.0 Å². The average molecular weight is 273 g/mol. The molecule has 0 saturated heterocycles. The zero-order chi connectivity index (χ0) is 14.1. The number of hydrogen-bond acceptors (Lipinski definition) is 5. The van der Waals surface area contributed by atoms with Crippen LogP contribution in [-0.4, -0.2) is 10.1 Å². The van der Waals surface area contributed by atoms with Gasteiger partial charge in [0.2, 0.25) is 0 Å². The summed E-state index contributed by atoms with van der Waals surface area (Å²) in [6.45, 7) is 4.35. The third kappa shape index (κ3) is 2.54. The Hall–Kier alpha value is -1.88. The molecule has 1 heterocycles. The van der Waals surface area contributed by atoms with Crippen molar-refractivity contribution in [2.24, 2.45) is 5.73 Å². The lowest BCUT2D eigenvalue weighted by atomic mass is 10.1. The molecule has 1 aliphatic carbocycles. The Morgan fingerprint density at radius 2 is 2.30 bits per heavy atom. The minimum absolute atomic E-state index is 0.170. The molecule has 0 radical (unpaired) electrons. The highest BCUT2D eigenvalue weighted by atomic mass is 16.5.